The Morgan fingerprint density at radius 3 is 2.78 bits per heavy atom. The van der Waals surface area contributed by atoms with Crippen molar-refractivity contribution in [3.63, 3.8) is 0 Å². The molecule has 0 spiro atoms. The molecule has 2 rings (SSSR count). The van der Waals surface area contributed by atoms with Gasteiger partial charge in [0.25, 0.3) is 0 Å². The molecule has 4 heteroatoms. The quantitative estimate of drug-likeness (QED) is 0.732. The Hall–Kier alpha value is -0.950. The van der Waals surface area contributed by atoms with E-state index < -0.39 is 17.0 Å². The van der Waals surface area contributed by atoms with Crippen LogP contribution in [-0.4, -0.2) is 0 Å². The number of benzene rings is 1. The van der Waals surface area contributed by atoms with Crippen molar-refractivity contribution in [1.82, 2.24) is 0 Å². The van der Waals surface area contributed by atoms with E-state index in [9.17, 15) is 14.0 Å². The first-order valence-corrected chi connectivity index (χ1v) is 6.80. The van der Waals surface area contributed by atoms with Crippen LogP contribution in [0.2, 0.25) is 0 Å². The Kier molecular flexibility index (Phi) is 3.72. The van der Waals surface area contributed by atoms with E-state index in [0.717, 1.165) is 19.3 Å². The molecule has 1 nitrogen and oxygen atoms in total. The summed E-state index contributed by atoms with van der Waals surface area (Å²) in [6, 6.07) is 4.88. The van der Waals surface area contributed by atoms with Crippen LogP contribution in [0.3, 0.4) is 0 Å². The fourth-order valence-electron chi connectivity index (χ4n) is 2.76. The molecule has 1 aliphatic carbocycles. The van der Waals surface area contributed by atoms with Gasteiger partial charge in [-0.2, -0.15) is 5.26 Å². The van der Waals surface area contributed by atoms with Gasteiger partial charge in [0.1, 0.15) is 11.6 Å². The van der Waals surface area contributed by atoms with Gasteiger partial charge in [-0.25, -0.2) is 8.78 Å². The van der Waals surface area contributed by atoms with Crippen molar-refractivity contribution < 1.29 is 8.78 Å². The SMILES string of the molecule is CC1CCC(C#N)(Cc2c(F)ccc(Br)c2F)C1. The van der Waals surface area contributed by atoms with E-state index in [0.29, 0.717) is 5.92 Å². The molecule has 0 aliphatic heterocycles. The molecule has 0 N–H and O–H groups in total. The van der Waals surface area contributed by atoms with Gasteiger partial charge in [0.05, 0.1) is 16.0 Å². The zero-order valence-electron chi connectivity index (χ0n) is 10.1. The van der Waals surface area contributed by atoms with E-state index in [1.54, 1.807) is 0 Å². The van der Waals surface area contributed by atoms with Crippen molar-refractivity contribution in [1.29, 1.82) is 5.26 Å². The Morgan fingerprint density at radius 2 is 2.22 bits per heavy atom. The molecule has 1 aliphatic rings. The second-order valence-corrected chi connectivity index (χ2v) is 6.09. The van der Waals surface area contributed by atoms with Crippen LogP contribution in [0.1, 0.15) is 31.7 Å². The topological polar surface area (TPSA) is 23.8 Å². The van der Waals surface area contributed by atoms with E-state index in [4.69, 9.17) is 0 Å². The molecule has 1 aromatic rings. The normalized spacial score (nSPS) is 27.2. The molecule has 96 valence electrons. The fourth-order valence-corrected chi connectivity index (χ4v) is 3.14. The van der Waals surface area contributed by atoms with E-state index in [1.165, 1.54) is 12.1 Å². The van der Waals surface area contributed by atoms with Crippen LogP contribution in [0.25, 0.3) is 0 Å². The maximum absolute atomic E-state index is 13.9. The summed E-state index contributed by atoms with van der Waals surface area (Å²) in [5, 5.41) is 9.34. The average molecular weight is 314 g/mol. The number of hydrogen-bond acceptors (Lipinski definition) is 1. The highest BCUT2D eigenvalue weighted by atomic mass is 79.9. The van der Waals surface area contributed by atoms with E-state index in [-0.39, 0.29) is 16.5 Å². The summed E-state index contributed by atoms with van der Waals surface area (Å²) in [5.41, 5.74) is -0.581. The number of halogens is 3. The van der Waals surface area contributed by atoms with Crippen molar-refractivity contribution in [3.8, 4) is 6.07 Å². The molecule has 0 aromatic heterocycles. The Morgan fingerprint density at radius 1 is 1.50 bits per heavy atom. The highest BCUT2D eigenvalue weighted by molar-refractivity contribution is 9.10. The zero-order valence-corrected chi connectivity index (χ0v) is 11.7. The summed E-state index contributed by atoms with van der Waals surface area (Å²) in [5.74, 6) is -0.697. The Labute approximate surface area is 114 Å². The van der Waals surface area contributed by atoms with Crippen LogP contribution in [0, 0.1) is 34.3 Å². The van der Waals surface area contributed by atoms with Gasteiger partial charge in [0.2, 0.25) is 0 Å². The van der Waals surface area contributed by atoms with Crippen molar-refractivity contribution >= 4 is 15.9 Å². The summed E-state index contributed by atoms with van der Waals surface area (Å²) in [6.45, 7) is 2.08. The number of hydrogen-bond donors (Lipinski definition) is 0. The summed E-state index contributed by atoms with van der Waals surface area (Å²) in [6.07, 6.45) is 2.54. The van der Waals surface area contributed by atoms with Gasteiger partial charge in [0.15, 0.2) is 0 Å². The second-order valence-electron chi connectivity index (χ2n) is 5.24. The van der Waals surface area contributed by atoms with Crippen LogP contribution in [-0.2, 0) is 6.42 Å². The summed E-state index contributed by atoms with van der Waals surface area (Å²) < 4.78 is 27.9. The molecule has 0 bridgehead atoms. The van der Waals surface area contributed by atoms with Crippen LogP contribution in [0.4, 0.5) is 8.78 Å². The van der Waals surface area contributed by atoms with Crippen molar-refractivity contribution in [2.45, 2.75) is 32.6 Å². The first-order chi connectivity index (χ1) is 8.47. The molecule has 0 heterocycles. The van der Waals surface area contributed by atoms with Crippen molar-refractivity contribution in [2.75, 3.05) is 0 Å². The van der Waals surface area contributed by atoms with Gasteiger partial charge < -0.3 is 0 Å². The number of rotatable bonds is 2. The molecule has 18 heavy (non-hydrogen) atoms. The molecular formula is C14H14BrF2N. The predicted octanol–water partition coefficient (Wildman–Crippen LogP) is 4.60. The predicted molar refractivity (Wildman–Crippen MR) is 68.8 cm³/mol. The molecule has 2 atom stereocenters. The lowest BCUT2D eigenvalue weighted by molar-refractivity contribution is 0.375. The zero-order chi connectivity index (χ0) is 13.3. The molecule has 0 amide bonds. The average Bonchev–Trinajstić information content (AvgIpc) is 2.72. The molecule has 0 radical (unpaired) electrons. The third kappa shape index (κ3) is 2.42. The van der Waals surface area contributed by atoms with Gasteiger partial charge in [-0.1, -0.05) is 6.92 Å². The standard InChI is InChI=1S/C14H14BrF2N/c1-9-4-5-14(6-9,8-18)7-10-12(16)3-2-11(15)13(10)17/h2-3,9H,4-7H2,1H3. The highest BCUT2D eigenvalue weighted by Gasteiger charge is 2.39. The smallest absolute Gasteiger partial charge is 0.143 e. The highest BCUT2D eigenvalue weighted by Crippen LogP contribution is 2.44. The van der Waals surface area contributed by atoms with Gasteiger partial charge >= 0.3 is 0 Å². The summed E-state index contributed by atoms with van der Waals surface area (Å²) >= 11 is 3.06. The molecule has 1 aromatic carbocycles. The third-order valence-electron chi connectivity index (χ3n) is 3.75. The van der Waals surface area contributed by atoms with Gasteiger partial charge in [-0.3, -0.25) is 0 Å². The minimum Gasteiger partial charge on any atom is -0.207 e. The molecule has 1 saturated carbocycles. The molecule has 2 unspecified atom stereocenters. The lowest BCUT2D eigenvalue weighted by Crippen LogP contribution is -2.19. The third-order valence-corrected chi connectivity index (χ3v) is 4.36. The first kappa shape index (κ1) is 13.5. The van der Waals surface area contributed by atoms with Crippen molar-refractivity contribution in [2.24, 2.45) is 11.3 Å². The lowest BCUT2D eigenvalue weighted by atomic mass is 9.80. The minimum atomic E-state index is -0.609. The maximum Gasteiger partial charge on any atom is 0.143 e. The molecular weight excluding hydrogens is 300 g/mol. The Bertz CT molecular complexity index is 509. The van der Waals surface area contributed by atoms with Gasteiger partial charge in [0, 0.05) is 5.56 Å². The van der Waals surface area contributed by atoms with Crippen LogP contribution in [0.5, 0.6) is 0 Å². The van der Waals surface area contributed by atoms with Gasteiger partial charge in [-0.05, 0) is 59.7 Å². The number of nitriles is 1. The summed E-state index contributed by atoms with van der Waals surface area (Å²) in [4.78, 5) is 0. The molecule has 0 saturated heterocycles. The molecule has 1 fully saturated rings. The fraction of sp³-hybridized carbons (Fsp3) is 0.500. The van der Waals surface area contributed by atoms with Crippen LogP contribution < -0.4 is 0 Å². The largest absolute Gasteiger partial charge is 0.207 e. The lowest BCUT2D eigenvalue weighted by Gasteiger charge is -2.21. The second kappa shape index (κ2) is 4.97. The first-order valence-electron chi connectivity index (χ1n) is 6.01. The monoisotopic (exact) mass is 313 g/mol. The summed E-state index contributed by atoms with van der Waals surface area (Å²) in [7, 11) is 0. The van der Waals surface area contributed by atoms with Crippen LogP contribution >= 0.6 is 15.9 Å². The number of nitrogens with zero attached hydrogens (tertiary/aromatic N) is 1. The Balaban J connectivity index is 2.35. The van der Waals surface area contributed by atoms with E-state index in [1.807, 2.05) is 0 Å². The minimum absolute atomic E-state index is 0.0278. The van der Waals surface area contributed by atoms with Gasteiger partial charge in [-0.15, -0.1) is 0 Å². The maximum atomic E-state index is 13.9. The van der Waals surface area contributed by atoms with E-state index >= 15 is 0 Å². The van der Waals surface area contributed by atoms with Crippen molar-refractivity contribution in [3.05, 3.63) is 33.8 Å². The van der Waals surface area contributed by atoms with Crippen LogP contribution in [0.15, 0.2) is 16.6 Å². The van der Waals surface area contributed by atoms with E-state index in [2.05, 4.69) is 28.9 Å².